The Bertz CT molecular complexity index is 335. The molecule has 0 aromatic rings. The summed E-state index contributed by atoms with van der Waals surface area (Å²) in [6.07, 6.45) is 9.13. The van der Waals surface area contributed by atoms with Gasteiger partial charge in [-0.25, -0.2) is 0 Å². The van der Waals surface area contributed by atoms with Crippen molar-refractivity contribution in [3.63, 3.8) is 0 Å². The van der Waals surface area contributed by atoms with Crippen LogP contribution in [0.15, 0.2) is 23.3 Å². The molecule has 2 aliphatic carbocycles. The van der Waals surface area contributed by atoms with E-state index in [2.05, 4.69) is 32.9 Å². The maximum Gasteiger partial charge on any atom is 0.146 e. The minimum atomic E-state index is 0.502. The first-order chi connectivity index (χ1) is 7.63. The van der Waals surface area contributed by atoms with Crippen LogP contribution in [-0.4, -0.2) is 6.29 Å². The van der Waals surface area contributed by atoms with Crippen LogP contribution in [-0.2, 0) is 4.79 Å². The van der Waals surface area contributed by atoms with Gasteiger partial charge in [-0.15, -0.1) is 0 Å². The molecule has 0 amide bonds. The van der Waals surface area contributed by atoms with Gasteiger partial charge in [0, 0.05) is 0 Å². The lowest BCUT2D eigenvalue weighted by Crippen LogP contribution is -2.32. The quantitative estimate of drug-likeness (QED) is 0.509. The average molecular weight is 218 g/mol. The zero-order chi connectivity index (χ0) is 11.7. The van der Waals surface area contributed by atoms with Crippen molar-refractivity contribution >= 4 is 6.29 Å². The Hall–Kier alpha value is -0.850. The SMILES string of the molecule is CC1=C[C@@H]2[C@H](CC1)C(C=O)=CC[C@@H]2C(C)C. The fourth-order valence-corrected chi connectivity index (χ4v) is 3.35. The molecule has 2 aliphatic rings. The second kappa shape index (κ2) is 4.57. The molecule has 0 aromatic carbocycles. The van der Waals surface area contributed by atoms with Crippen molar-refractivity contribution in [2.45, 2.75) is 40.0 Å². The Morgan fingerprint density at radius 1 is 1.44 bits per heavy atom. The molecule has 0 saturated heterocycles. The van der Waals surface area contributed by atoms with E-state index in [9.17, 15) is 4.79 Å². The van der Waals surface area contributed by atoms with Gasteiger partial charge < -0.3 is 0 Å². The summed E-state index contributed by atoms with van der Waals surface area (Å²) < 4.78 is 0. The van der Waals surface area contributed by atoms with Gasteiger partial charge in [-0.2, -0.15) is 0 Å². The van der Waals surface area contributed by atoms with E-state index in [0.29, 0.717) is 17.8 Å². The second-order valence-corrected chi connectivity index (χ2v) is 5.70. The van der Waals surface area contributed by atoms with Crippen LogP contribution in [0.4, 0.5) is 0 Å². The van der Waals surface area contributed by atoms with Gasteiger partial charge >= 0.3 is 0 Å². The number of aldehydes is 1. The largest absolute Gasteiger partial charge is 0.298 e. The summed E-state index contributed by atoms with van der Waals surface area (Å²) in [5, 5.41) is 0. The summed E-state index contributed by atoms with van der Waals surface area (Å²) in [4.78, 5) is 11.1. The molecule has 0 spiro atoms. The van der Waals surface area contributed by atoms with E-state index in [0.717, 1.165) is 30.6 Å². The minimum Gasteiger partial charge on any atom is -0.298 e. The van der Waals surface area contributed by atoms with Crippen LogP contribution in [0.2, 0.25) is 0 Å². The van der Waals surface area contributed by atoms with Crippen molar-refractivity contribution in [3.8, 4) is 0 Å². The summed E-state index contributed by atoms with van der Waals surface area (Å²) in [5.41, 5.74) is 2.57. The Balaban J connectivity index is 2.32. The van der Waals surface area contributed by atoms with Gasteiger partial charge in [0.1, 0.15) is 6.29 Å². The molecule has 1 heteroatoms. The first kappa shape index (κ1) is 11.6. The third-order valence-electron chi connectivity index (χ3n) is 4.33. The number of allylic oxidation sites excluding steroid dienone is 4. The van der Waals surface area contributed by atoms with Crippen LogP contribution in [0.5, 0.6) is 0 Å². The third-order valence-corrected chi connectivity index (χ3v) is 4.33. The molecule has 1 nitrogen and oxygen atoms in total. The fourth-order valence-electron chi connectivity index (χ4n) is 3.35. The Morgan fingerprint density at radius 3 is 2.81 bits per heavy atom. The van der Waals surface area contributed by atoms with Crippen molar-refractivity contribution in [2.24, 2.45) is 23.7 Å². The highest BCUT2D eigenvalue weighted by molar-refractivity contribution is 5.74. The molecule has 16 heavy (non-hydrogen) atoms. The first-order valence-corrected chi connectivity index (χ1v) is 6.46. The van der Waals surface area contributed by atoms with Gasteiger partial charge in [0.25, 0.3) is 0 Å². The average Bonchev–Trinajstić information content (AvgIpc) is 2.26. The highest BCUT2D eigenvalue weighted by atomic mass is 16.1. The normalized spacial score (nSPS) is 34.1. The Kier molecular flexibility index (Phi) is 3.32. The number of hydrogen-bond acceptors (Lipinski definition) is 1. The topological polar surface area (TPSA) is 17.1 Å². The maximum atomic E-state index is 11.1. The summed E-state index contributed by atoms with van der Waals surface area (Å²) in [5.74, 6) is 2.55. The molecule has 0 radical (unpaired) electrons. The summed E-state index contributed by atoms with van der Waals surface area (Å²) in [7, 11) is 0. The van der Waals surface area contributed by atoms with Gasteiger partial charge in [-0.05, 0) is 55.4 Å². The molecule has 88 valence electrons. The lowest BCUT2D eigenvalue weighted by molar-refractivity contribution is -0.105. The first-order valence-electron chi connectivity index (χ1n) is 6.46. The standard InChI is InChI=1S/C15H22O/c1-10(2)13-7-5-12(9-16)14-6-4-11(3)8-15(13)14/h5,8-10,13-15H,4,6-7H2,1-3H3/t13-,14-,15+/m1/s1. The number of hydrogen-bond donors (Lipinski definition) is 0. The van der Waals surface area contributed by atoms with Crippen molar-refractivity contribution in [1.29, 1.82) is 0 Å². The molecule has 3 atom stereocenters. The van der Waals surface area contributed by atoms with Crippen molar-refractivity contribution in [3.05, 3.63) is 23.3 Å². The maximum absolute atomic E-state index is 11.1. The molecule has 0 bridgehead atoms. The molecule has 0 heterocycles. The van der Waals surface area contributed by atoms with Gasteiger partial charge in [-0.3, -0.25) is 4.79 Å². The third kappa shape index (κ3) is 2.00. The highest BCUT2D eigenvalue weighted by Crippen LogP contribution is 2.44. The highest BCUT2D eigenvalue weighted by Gasteiger charge is 2.36. The van der Waals surface area contributed by atoms with Crippen molar-refractivity contribution in [1.82, 2.24) is 0 Å². The van der Waals surface area contributed by atoms with E-state index in [-0.39, 0.29) is 0 Å². The predicted molar refractivity (Wildman–Crippen MR) is 67.1 cm³/mol. The van der Waals surface area contributed by atoms with Gasteiger partial charge in [-0.1, -0.05) is 31.6 Å². The van der Waals surface area contributed by atoms with Crippen LogP contribution in [0, 0.1) is 23.7 Å². The van der Waals surface area contributed by atoms with E-state index in [1.807, 2.05) is 0 Å². The van der Waals surface area contributed by atoms with Crippen molar-refractivity contribution < 1.29 is 4.79 Å². The predicted octanol–water partition coefficient (Wildman–Crippen LogP) is 3.76. The van der Waals surface area contributed by atoms with Crippen LogP contribution >= 0.6 is 0 Å². The lowest BCUT2D eigenvalue weighted by atomic mass is 9.64. The van der Waals surface area contributed by atoms with Crippen LogP contribution in [0.1, 0.15) is 40.0 Å². The van der Waals surface area contributed by atoms with Gasteiger partial charge in [0.05, 0.1) is 0 Å². The van der Waals surface area contributed by atoms with Crippen LogP contribution in [0.25, 0.3) is 0 Å². The second-order valence-electron chi connectivity index (χ2n) is 5.70. The minimum absolute atomic E-state index is 0.502. The molecule has 0 aliphatic heterocycles. The van der Waals surface area contributed by atoms with Crippen LogP contribution < -0.4 is 0 Å². The van der Waals surface area contributed by atoms with E-state index >= 15 is 0 Å². The summed E-state index contributed by atoms with van der Waals surface area (Å²) in [6, 6.07) is 0. The molecule has 0 N–H and O–H groups in total. The van der Waals surface area contributed by atoms with E-state index in [1.165, 1.54) is 12.0 Å². The monoisotopic (exact) mass is 218 g/mol. The number of carbonyl (C=O) groups excluding carboxylic acids is 1. The molecule has 2 rings (SSSR count). The summed E-state index contributed by atoms with van der Waals surface area (Å²) >= 11 is 0. The summed E-state index contributed by atoms with van der Waals surface area (Å²) in [6.45, 7) is 6.84. The van der Waals surface area contributed by atoms with E-state index in [4.69, 9.17) is 0 Å². The van der Waals surface area contributed by atoms with E-state index in [1.54, 1.807) is 0 Å². The number of fused-ring (bicyclic) bond motifs is 1. The van der Waals surface area contributed by atoms with Crippen LogP contribution in [0.3, 0.4) is 0 Å². The molecule has 0 saturated carbocycles. The van der Waals surface area contributed by atoms with Gasteiger partial charge in [0.15, 0.2) is 0 Å². The number of rotatable bonds is 2. The zero-order valence-corrected chi connectivity index (χ0v) is 10.6. The zero-order valence-electron chi connectivity index (χ0n) is 10.6. The van der Waals surface area contributed by atoms with Gasteiger partial charge in [0.2, 0.25) is 0 Å². The smallest absolute Gasteiger partial charge is 0.146 e. The Labute approximate surface area is 98.6 Å². The molecule has 0 fully saturated rings. The number of carbonyl (C=O) groups is 1. The Morgan fingerprint density at radius 2 is 2.19 bits per heavy atom. The van der Waals surface area contributed by atoms with E-state index < -0.39 is 0 Å². The lowest BCUT2D eigenvalue weighted by Gasteiger charge is -2.40. The molecular formula is C15H22O. The fraction of sp³-hybridized carbons (Fsp3) is 0.667. The molecule has 0 aromatic heterocycles. The molecule has 0 unspecified atom stereocenters. The van der Waals surface area contributed by atoms with Crippen molar-refractivity contribution in [2.75, 3.05) is 0 Å². The molecular weight excluding hydrogens is 196 g/mol.